The van der Waals surface area contributed by atoms with E-state index in [9.17, 15) is 14.4 Å². The van der Waals surface area contributed by atoms with Crippen LogP contribution in [0.4, 0.5) is 0 Å². The average molecular weight is 429 g/mol. The second-order valence-corrected chi connectivity index (χ2v) is 8.17. The lowest BCUT2D eigenvalue weighted by molar-refractivity contribution is -0.145. The first kappa shape index (κ1) is 20.5. The Morgan fingerprint density at radius 2 is 1.67 bits per heavy atom. The summed E-state index contributed by atoms with van der Waals surface area (Å²) < 4.78 is 2.14. The Hall–Kier alpha value is -2.80. The summed E-state index contributed by atoms with van der Waals surface area (Å²) in [5.74, 6) is -0.362. The van der Waals surface area contributed by atoms with Gasteiger partial charge in [0.05, 0.1) is 6.04 Å². The number of piperazine rings is 1. The monoisotopic (exact) mass is 428 g/mol. The first-order valence-corrected chi connectivity index (χ1v) is 10.5. The highest BCUT2D eigenvalue weighted by atomic mass is 35.5. The van der Waals surface area contributed by atoms with Gasteiger partial charge in [-0.05, 0) is 29.8 Å². The SMILES string of the molecule is CC(=O)N1CCN(C(=O)CC(=O)N2CCn3cccc3C2c2cccc(Cl)c2)CC1. The molecule has 7 nitrogen and oxygen atoms in total. The Morgan fingerprint density at radius 1 is 0.933 bits per heavy atom. The summed E-state index contributed by atoms with van der Waals surface area (Å²) in [7, 11) is 0. The lowest BCUT2D eigenvalue weighted by Gasteiger charge is -2.38. The van der Waals surface area contributed by atoms with Gasteiger partial charge in [-0.25, -0.2) is 0 Å². The minimum Gasteiger partial charge on any atom is -0.348 e. The zero-order valence-electron chi connectivity index (χ0n) is 17.0. The third kappa shape index (κ3) is 4.07. The zero-order valence-corrected chi connectivity index (χ0v) is 17.7. The van der Waals surface area contributed by atoms with Crippen molar-refractivity contribution >= 4 is 29.3 Å². The van der Waals surface area contributed by atoms with Gasteiger partial charge in [0.2, 0.25) is 17.7 Å². The number of carbonyl (C=O) groups excluding carboxylic acids is 3. The molecule has 8 heteroatoms. The van der Waals surface area contributed by atoms with Crippen molar-refractivity contribution < 1.29 is 14.4 Å². The number of hydrogen-bond acceptors (Lipinski definition) is 3. The Bertz CT molecular complexity index is 965. The Labute approximate surface area is 180 Å². The number of fused-ring (bicyclic) bond motifs is 1. The molecule has 0 N–H and O–H groups in total. The quantitative estimate of drug-likeness (QED) is 0.703. The predicted octanol–water partition coefficient (Wildman–Crippen LogP) is 2.15. The smallest absolute Gasteiger partial charge is 0.232 e. The minimum atomic E-state index is -0.276. The molecule has 2 aliphatic rings. The lowest BCUT2D eigenvalue weighted by atomic mass is 9.99. The topological polar surface area (TPSA) is 65.9 Å². The van der Waals surface area contributed by atoms with Crippen molar-refractivity contribution in [1.82, 2.24) is 19.3 Å². The molecule has 158 valence electrons. The largest absolute Gasteiger partial charge is 0.348 e. The Balaban J connectivity index is 1.50. The molecule has 0 saturated carbocycles. The molecule has 30 heavy (non-hydrogen) atoms. The van der Waals surface area contributed by atoms with Crippen molar-refractivity contribution in [1.29, 1.82) is 0 Å². The van der Waals surface area contributed by atoms with E-state index >= 15 is 0 Å². The molecule has 1 saturated heterocycles. The molecule has 1 fully saturated rings. The number of hydrogen-bond donors (Lipinski definition) is 0. The lowest BCUT2D eigenvalue weighted by Crippen LogP contribution is -2.51. The van der Waals surface area contributed by atoms with Gasteiger partial charge in [-0.15, -0.1) is 0 Å². The van der Waals surface area contributed by atoms with Crippen LogP contribution in [0.2, 0.25) is 5.02 Å². The number of rotatable bonds is 3. The van der Waals surface area contributed by atoms with Gasteiger partial charge in [0.25, 0.3) is 0 Å². The predicted molar refractivity (Wildman–Crippen MR) is 113 cm³/mol. The Morgan fingerprint density at radius 3 is 2.37 bits per heavy atom. The van der Waals surface area contributed by atoms with Gasteiger partial charge in [0, 0.05) is 63.1 Å². The summed E-state index contributed by atoms with van der Waals surface area (Å²) in [6, 6.07) is 11.2. The summed E-state index contributed by atoms with van der Waals surface area (Å²) in [5, 5.41) is 0.614. The van der Waals surface area contributed by atoms with Gasteiger partial charge in [0.1, 0.15) is 6.42 Å². The van der Waals surface area contributed by atoms with Gasteiger partial charge >= 0.3 is 0 Å². The second kappa shape index (κ2) is 8.52. The van der Waals surface area contributed by atoms with Gasteiger partial charge in [-0.1, -0.05) is 23.7 Å². The number of benzene rings is 1. The maximum absolute atomic E-state index is 13.2. The number of halogens is 1. The summed E-state index contributed by atoms with van der Waals surface area (Å²) in [5.41, 5.74) is 1.94. The molecule has 0 radical (unpaired) electrons. The van der Waals surface area contributed by atoms with E-state index in [1.807, 2.05) is 42.6 Å². The zero-order chi connectivity index (χ0) is 21.3. The summed E-state index contributed by atoms with van der Waals surface area (Å²) in [6.07, 6.45) is 1.84. The molecule has 0 spiro atoms. The van der Waals surface area contributed by atoms with Crippen LogP contribution < -0.4 is 0 Å². The fourth-order valence-corrected chi connectivity index (χ4v) is 4.49. The van der Waals surface area contributed by atoms with Crippen molar-refractivity contribution in [2.75, 3.05) is 32.7 Å². The maximum atomic E-state index is 13.2. The molecule has 1 aromatic heterocycles. The molecular weight excluding hydrogens is 404 g/mol. The third-order valence-corrected chi connectivity index (χ3v) is 6.14. The van der Waals surface area contributed by atoms with E-state index in [1.165, 1.54) is 6.92 Å². The molecule has 1 aromatic carbocycles. The van der Waals surface area contributed by atoms with Crippen molar-refractivity contribution in [3.05, 3.63) is 58.9 Å². The standard InChI is InChI=1S/C22H25ClN4O3/c1-16(28)24-8-10-26(11-9-24)20(29)15-21(30)27-13-12-25-7-3-6-19(25)22(27)17-4-2-5-18(23)14-17/h2-7,14,22H,8-13,15H2,1H3. The van der Waals surface area contributed by atoms with Gasteiger partial charge in [-0.3, -0.25) is 14.4 Å². The molecular formula is C22H25ClN4O3. The molecule has 2 aromatic rings. The summed E-state index contributed by atoms with van der Waals surface area (Å²) in [4.78, 5) is 42.6. The van der Waals surface area contributed by atoms with Crippen LogP contribution in [0, 0.1) is 0 Å². The van der Waals surface area contributed by atoms with Crippen LogP contribution in [0.5, 0.6) is 0 Å². The number of amides is 3. The van der Waals surface area contributed by atoms with E-state index in [2.05, 4.69) is 4.57 Å². The van der Waals surface area contributed by atoms with Crippen LogP contribution in [-0.2, 0) is 20.9 Å². The van der Waals surface area contributed by atoms with Gasteiger partial charge in [-0.2, -0.15) is 0 Å². The van der Waals surface area contributed by atoms with Crippen LogP contribution in [0.1, 0.15) is 30.6 Å². The molecule has 0 bridgehead atoms. The van der Waals surface area contributed by atoms with Crippen LogP contribution in [0.15, 0.2) is 42.6 Å². The molecule has 3 amide bonds. The van der Waals surface area contributed by atoms with E-state index < -0.39 is 0 Å². The molecule has 1 unspecified atom stereocenters. The van der Waals surface area contributed by atoms with Gasteiger partial charge in [0.15, 0.2) is 0 Å². The minimum absolute atomic E-state index is 0.0128. The fourth-order valence-electron chi connectivity index (χ4n) is 4.29. The fraction of sp³-hybridized carbons (Fsp3) is 0.409. The highest BCUT2D eigenvalue weighted by molar-refractivity contribution is 6.30. The van der Waals surface area contributed by atoms with Crippen molar-refractivity contribution in [2.45, 2.75) is 25.9 Å². The van der Waals surface area contributed by atoms with Crippen LogP contribution in [0.25, 0.3) is 0 Å². The molecule has 0 aliphatic carbocycles. The second-order valence-electron chi connectivity index (χ2n) is 7.73. The Kier molecular flexibility index (Phi) is 5.81. The van der Waals surface area contributed by atoms with E-state index in [-0.39, 0.29) is 30.2 Å². The number of aromatic nitrogens is 1. The molecule has 1 atom stereocenters. The maximum Gasteiger partial charge on any atom is 0.232 e. The summed E-state index contributed by atoms with van der Waals surface area (Å²) >= 11 is 6.21. The van der Waals surface area contributed by atoms with Crippen LogP contribution in [0.3, 0.4) is 0 Å². The van der Waals surface area contributed by atoms with E-state index in [1.54, 1.807) is 14.7 Å². The first-order chi connectivity index (χ1) is 14.4. The molecule has 2 aliphatic heterocycles. The highest BCUT2D eigenvalue weighted by Gasteiger charge is 2.34. The van der Waals surface area contributed by atoms with E-state index in [0.29, 0.717) is 44.3 Å². The number of nitrogens with zero attached hydrogens (tertiary/aromatic N) is 4. The number of carbonyl (C=O) groups is 3. The summed E-state index contributed by atoms with van der Waals surface area (Å²) in [6.45, 7) is 4.71. The molecule has 4 rings (SSSR count). The van der Waals surface area contributed by atoms with Gasteiger partial charge < -0.3 is 19.3 Å². The van der Waals surface area contributed by atoms with Crippen molar-refractivity contribution in [3.8, 4) is 0 Å². The van der Waals surface area contributed by atoms with Crippen LogP contribution >= 0.6 is 11.6 Å². The average Bonchev–Trinajstić information content (AvgIpc) is 3.21. The third-order valence-electron chi connectivity index (χ3n) is 5.90. The molecule has 3 heterocycles. The van der Waals surface area contributed by atoms with E-state index in [4.69, 9.17) is 11.6 Å². The normalized spacial score (nSPS) is 18.9. The first-order valence-electron chi connectivity index (χ1n) is 10.2. The van der Waals surface area contributed by atoms with Crippen molar-refractivity contribution in [3.63, 3.8) is 0 Å². The van der Waals surface area contributed by atoms with Crippen LogP contribution in [-0.4, -0.2) is 69.7 Å². The van der Waals surface area contributed by atoms with E-state index in [0.717, 1.165) is 11.3 Å². The van der Waals surface area contributed by atoms with Crippen molar-refractivity contribution in [2.24, 2.45) is 0 Å². The highest BCUT2D eigenvalue weighted by Crippen LogP contribution is 2.34.